The molecule has 1 amide bonds. The number of anilines is 2. The Bertz CT molecular complexity index is 352. The Morgan fingerprint density at radius 1 is 1.57 bits per heavy atom. The number of nitrogen functional groups attached to an aromatic ring is 1. The van der Waals surface area contributed by atoms with Crippen LogP contribution in [0.3, 0.4) is 0 Å². The summed E-state index contributed by atoms with van der Waals surface area (Å²) in [7, 11) is 0. The molecule has 0 bridgehead atoms. The SMILES string of the molecule is Cc1c(N)ncnc1NC(C)C(N)=O. The van der Waals surface area contributed by atoms with Gasteiger partial charge in [0.25, 0.3) is 0 Å². The first kappa shape index (κ1) is 10.2. The highest BCUT2D eigenvalue weighted by molar-refractivity contribution is 5.82. The average molecular weight is 195 g/mol. The van der Waals surface area contributed by atoms with E-state index >= 15 is 0 Å². The molecule has 1 rings (SSSR count). The second kappa shape index (κ2) is 3.91. The number of nitrogens with two attached hydrogens (primary N) is 2. The summed E-state index contributed by atoms with van der Waals surface area (Å²) in [5, 5.41) is 2.84. The lowest BCUT2D eigenvalue weighted by atomic mass is 10.2. The van der Waals surface area contributed by atoms with Crippen molar-refractivity contribution in [2.24, 2.45) is 5.73 Å². The summed E-state index contributed by atoms with van der Waals surface area (Å²) < 4.78 is 0. The molecule has 0 spiro atoms. The predicted octanol–water partition coefficient (Wildman–Crippen LogP) is -0.347. The van der Waals surface area contributed by atoms with Crippen molar-refractivity contribution in [2.75, 3.05) is 11.1 Å². The van der Waals surface area contributed by atoms with Gasteiger partial charge in [0, 0.05) is 5.56 Å². The maximum atomic E-state index is 10.8. The van der Waals surface area contributed by atoms with Crippen LogP contribution in [0.15, 0.2) is 6.33 Å². The standard InChI is InChI=1S/C8H13N5O/c1-4-6(9)11-3-12-8(4)13-5(2)7(10)14/h3,5H,1-2H3,(H2,10,14)(H3,9,11,12,13). The molecule has 0 aliphatic heterocycles. The largest absolute Gasteiger partial charge is 0.383 e. The van der Waals surface area contributed by atoms with E-state index in [1.54, 1.807) is 13.8 Å². The third-order valence-corrected chi connectivity index (χ3v) is 1.90. The Balaban J connectivity index is 2.87. The van der Waals surface area contributed by atoms with Gasteiger partial charge in [-0.3, -0.25) is 4.79 Å². The highest BCUT2D eigenvalue weighted by Crippen LogP contribution is 2.15. The lowest BCUT2D eigenvalue weighted by molar-refractivity contribution is -0.118. The maximum absolute atomic E-state index is 10.8. The molecule has 0 aliphatic carbocycles. The molecule has 0 aliphatic rings. The molecule has 0 fully saturated rings. The van der Waals surface area contributed by atoms with Crippen LogP contribution in [0.25, 0.3) is 0 Å². The summed E-state index contributed by atoms with van der Waals surface area (Å²) in [6.45, 7) is 3.42. The first-order valence-electron chi connectivity index (χ1n) is 4.15. The predicted molar refractivity (Wildman–Crippen MR) is 53.5 cm³/mol. The summed E-state index contributed by atoms with van der Waals surface area (Å²) in [4.78, 5) is 18.5. The molecule has 76 valence electrons. The Labute approximate surface area is 81.7 Å². The van der Waals surface area contributed by atoms with Crippen LogP contribution in [0.5, 0.6) is 0 Å². The van der Waals surface area contributed by atoms with Crippen molar-refractivity contribution in [1.29, 1.82) is 0 Å². The number of carbonyl (C=O) groups excluding carboxylic acids is 1. The molecule has 1 atom stereocenters. The molecular weight excluding hydrogens is 182 g/mol. The Kier molecular flexibility index (Phi) is 2.85. The summed E-state index contributed by atoms with van der Waals surface area (Å²) in [5.41, 5.74) is 11.4. The number of nitrogens with one attached hydrogen (secondary N) is 1. The van der Waals surface area contributed by atoms with Gasteiger partial charge in [0.2, 0.25) is 5.91 Å². The Morgan fingerprint density at radius 3 is 2.79 bits per heavy atom. The fraction of sp³-hybridized carbons (Fsp3) is 0.375. The first-order chi connectivity index (χ1) is 6.52. The number of carbonyl (C=O) groups is 1. The minimum absolute atomic E-state index is 0.388. The molecule has 1 unspecified atom stereocenters. The topological polar surface area (TPSA) is 107 Å². The summed E-state index contributed by atoms with van der Waals surface area (Å²) in [6.07, 6.45) is 1.33. The van der Waals surface area contributed by atoms with E-state index in [2.05, 4.69) is 15.3 Å². The van der Waals surface area contributed by atoms with E-state index in [1.807, 2.05) is 0 Å². The smallest absolute Gasteiger partial charge is 0.239 e. The second-order valence-corrected chi connectivity index (χ2v) is 3.00. The zero-order chi connectivity index (χ0) is 10.7. The van der Waals surface area contributed by atoms with Crippen LogP contribution in [0, 0.1) is 6.92 Å². The lowest BCUT2D eigenvalue weighted by Crippen LogP contribution is -2.33. The van der Waals surface area contributed by atoms with Crippen LogP contribution >= 0.6 is 0 Å². The quantitative estimate of drug-likeness (QED) is 0.611. The fourth-order valence-corrected chi connectivity index (χ4v) is 0.885. The molecular formula is C8H13N5O. The maximum Gasteiger partial charge on any atom is 0.239 e. The number of aromatic nitrogens is 2. The normalized spacial score (nSPS) is 12.1. The van der Waals surface area contributed by atoms with Crippen molar-refractivity contribution in [2.45, 2.75) is 19.9 Å². The third-order valence-electron chi connectivity index (χ3n) is 1.90. The zero-order valence-electron chi connectivity index (χ0n) is 8.11. The van der Waals surface area contributed by atoms with Gasteiger partial charge in [0.15, 0.2) is 0 Å². The van der Waals surface area contributed by atoms with Gasteiger partial charge in [0.05, 0.1) is 0 Å². The van der Waals surface area contributed by atoms with Crippen LogP contribution < -0.4 is 16.8 Å². The van der Waals surface area contributed by atoms with E-state index in [0.717, 1.165) is 0 Å². The molecule has 1 aromatic heterocycles. The lowest BCUT2D eigenvalue weighted by Gasteiger charge is -2.12. The molecule has 0 saturated heterocycles. The van der Waals surface area contributed by atoms with Gasteiger partial charge in [-0.1, -0.05) is 0 Å². The number of amides is 1. The average Bonchev–Trinajstić information content (AvgIpc) is 2.12. The molecule has 1 aromatic rings. The summed E-state index contributed by atoms with van der Waals surface area (Å²) in [6, 6.07) is -0.483. The van der Waals surface area contributed by atoms with Gasteiger partial charge in [0.1, 0.15) is 24.0 Å². The van der Waals surface area contributed by atoms with Gasteiger partial charge in [-0.05, 0) is 13.8 Å². The van der Waals surface area contributed by atoms with Crippen LogP contribution in [0.2, 0.25) is 0 Å². The zero-order valence-corrected chi connectivity index (χ0v) is 8.11. The first-order valence-corrected chi connectivity index (χ1v) is 4.15. The molecule has 0 radical (unpaired) electrons. The minimum atomic E-state index is -0.483. The van der Waals surface area contributed by atoms with E-state index < -0.39 is 11.9 Å². The van der Waals surface area contributed by atoms with Gasteiger partial charge < -0.3 is 16.8 Å². The highest BCUT2D eigenvalue weighted by Gasteiger charge is 2.11. The van der Waals surface area contributed by atoms with Crippen molar-refractivity contribution >= 4 is 17.5 Å². The number of rotatable bonds is 3. The van der Waals surface area contributed by atoms with E-state index in [4.69, 9.17) is 11.5 Å². The van der Waals surface area contributed by atoms with Gasteiger partial charge in [-0.15, -0.1) is 0 Å². The molecule has 5 N–H and O–H groups in total. The molecule has 6 heteroatoms. The van der Waals surface area contributed by atoms with Gasteiger partial charge in [-0.2, -0.15) is 0 Å². The van der Waals surface area contributed by atoms with Crippen LogP contribution in [-0.4, -0.2) is 21.9 Å². The number of hydrogen-bond donors (Lipinski definition) is 3. The van der Waals surface area contributed by atoms with Crippen molar-refractivity contribution in [3.8, 4) is 0 Å². The summed E-state index contributed by atoms with van der Waals surface area (Å²) >= 11 is 0. The van der Waals surface area contributed by atoms with Gasteiger partial charge >= 0.3 is 0 Å². The van der Waals surface area contributed by atoms with Crippen LogP contribution in [0.1, 0.15) is 12.5 Å². The van der Waals surface area contributed by atoms with Crippen molar-refractivity contribution in [3.05, 3.63) is 11.9 Å². The van der Waals surface area contributed by atoms with E-state index in [9.17, 15) is 4.79 Å². The van der Waals surface area contributed by atoms with Crippen LogP contribution in [-0.2, 0) is 4.79 Å². The van der Waals surface area contributed by atoms with Crippen molar-refractivity contribution in [3.63, 3.8) is 0 Å². The second-order valence-electron chi connectivity index (χ2n) is 3.00. The Hall–Kier alpha value is -1.85. The van der Waals surface area contributed by atoms with E-state index in [-0.39, 0.29) is 0 Å². The molecule has 0 aromatic carbocycles. The Morgan fingerprint density at radius 2 is 2.21 bits per heavy atom. The molecule has 6 nitrogen and oxygen atoms in total. The molecule has 1 heterocycles. The monoisotopic (exact) mass is 195 g/mol. The van der Waals surface area contributed by atoms with Crippen LogP contribution in [0.4, 0.5) is 11.6 Å². The van der Waals surface area contributed by atoms with Crippen molar-refractivity contribution in [1.82, 2.24) is 9.97 Å². The molecule has 14 heavy (non-hydrogen) atoms. The van der Waals surface area contributed by atoms with Gasteiger partial charge in [-0.25, -0.2) is 9.97 Å². The molecule has 0 saturated carbocycles. The number of hydrogen-bond acceptors (Lipinski definition) is 5. The summed E-state index contributed by atoms with van der Waals surface area (Å²) in [5.74, 6) is 0.476. The third kappa shape index (κ3) is 2.09. The van der Waals surface area contributed by atoms with Crippen molar-refractivity contribution < 1.29 is 4.79 Å². The minimum Gasteiger partial charge on any atom is -0.383 e. The van der Waals surface area contributed by atoms with E-state index in [0.29, 0.717) is 17.2 Å². The van der Waals surface area contributed by atoms with E-state index in [1.165, 1.54) is 6.33 Å². The number of primary amides is 1. The number of nitrogens with zero attached hydrogens (tertiary/aromatic N) is 2. The highest BCUT2D eigenvalue weighted by atomic mass is 16.1. The fourth-order valence-electron chi connectivity index (χ4n) is 0.885.